The maximum atomic E-state index is 14.7. The van der Waals surface area contributed by atoms with Crippen LogP contribution in [-0.4, -0.2) is 34.4 Å². The Kier molecular flexibility index (Phi) is 4.86. The lowest BCUT2D eigenvalue weighted by molar-refractivity contribution is -0.144. The van der Waals surface area contributed by atoms with Gasteiger partial charge in [0.1, 0.15) is 6.04 Å². The number of hydrogen-bond acceptors (Lipinski definition) is 4. The Bertz CT molecular complexity index is 1260. The molecule has 166 valence electrons. The quantitative estimate of drug-likeness (QED) is 0.665. The number of halogens is 3. The van der Waals surface area contributed by atoms with Crippen molar-refractivity contribution in [2.75, 3.05) is 0 Å². The molecule has 3 amide bonds. The summed E-state index contributed by atoms with van der Waals surface area (Å²) < 4.78 is 54.3. The molecular formula is C23H19ClF2N2O4. The van der Waals surface area contributed by atoms with E-state index in [1.165, 1.54) is 12.1 Å². The third-order valence-electron chi connectivity index (χ3n) is 5.42. The van der Waals surface area contributed by atoms with E-state index in [-0.39, 0.29) is 53.2 Å². The molecule has 0 saturated carbocycles. The van der Waals surface area contributed by atoms with Crippen LogP contribution in [0.5, 0.6) is 0 Å². The molecule has 2 aromatic carbocycles. The van der Waals surface area contributed by atoms with Crippen LogP contribution in [0.1, 0.15) is 50.4 Å². The minimum atomic E-state index is -3.88. The van der Waals surface area contributed by atoms with E-state index in [4.69, 9.17) is 15.7 Å². The van der Waals surface area contributed by atoms with Crippen LogP contribution in [0.4, 0.5) is 8.78 Å². The number of aryl methyl sites for hydroxylation is 1. The summed E-state index contributed by atoms with van der Waals surface area (Å²) >= 11 is 5.71. The molecule has 0 bridgehead atoms. The highest BCUT2D eigenvalue weighted by molar-refractivity contribution is 6.30. The number of nitrogens with one attached hydrogen (secondary N) is 1. The third kappa shape index (κ3) is 4.14. The van der Waals surface area contributed by atoms with Crippen molar-refractivity contribution in [2.24, 2.45) is 0 Å². The molecule has 2 atom stereocenters. The molecule has 0 aromatic heterocycles. The van der Waals surface area contributed by atoms with Crippen LogP contribution < -0.4 is 5.32 Å². The van der Waals surface area contributed by atoms with Gasteiger partial charge in [-0.05, 0) is 42.1 Å². The summed E-state index contributed by atoms with van der Waals surface area (Å²) in [5.41, 5.74) is -0.762. The Morgan fingerprint density at radius 2 is 1.97 bits per heavy atom. The maximum absolute atomic E-state index is 14.7. The molecule has 2 aliphatic rings. The molecule has 2 aliphatic heterocycles. The highest BCUT2D eigenvalue weighted by Gasteiger charge is 2.41. The largest absolute Gasteiger partial charge is 0.330 e. The molecule has 2 heterocycles. The summed E-state index contributed by atoms with van der Waals surface area (Å²) in [6.45, 7) is -0.208. The normalized spacial score (nSPS) is 20.8. The van der Waals surface area contributed by atoms with Gasteiger partial charge in [0.25, 0.3) is 5.91 Å². The number of benzene rings is 2. The number of alkyl halides is 2. The van der Waals surface area contributed by atoms with Crippen LogP contribution in [0, 0.1) is 0 Å². The number of piperidine rings is 1. The van der Waals surface area contributed by atoms with Crippen LogP contribution in [0.25, 0.3) is 0 Å². The molecule has 4 rings (SSSR count). The highest BCUT2D eigenvalue weighted by atomic mass is 35.5. The summed E-state index contributed by atoms with van der Waals surface area (Å²) in [6.07, 6.45) is -2.39. The third-order valence-corrected chi connectivity index (χ3v) is 5.67. The fourth-order valence-electron chi connectivity index (χ4n) is 3.70. The molecule has 0 spiro atoms. The highest BCUT2D eigenvalue weighted by Crippen LogP contribution is 2.32. The summed E-state index contributed by atoms with van der Waals surface area (Å²) in [4.78, 5) is 50.1. The first-order chi connectivity index (χ1) is 16.4. The molecule has 1 saturated heterocycles. The number of rotatable bonds is 6. The monoisotopic (exact) mass is 463 g/mol. The molecule has 1 fully saturated rings. The van der Waals surface area contributed by atoms with E-state index in [1.807, 2.05) is 0 Å². The van der Waals surface area contributed by atoms with Crippen molar-refractivity contribution in [1.82, 2.24) is 10.2 Å². The van der Waals surface area contributed by atoms with Gasteiger partial charge in [-0.1, -0.05) is 35.8 Å². The summed E-state index contributed by atoms with van der Waals surface area (Å²) in [6, 6.07) is 3.91. The van der Waals surface area contributed by atoms with E-state index < -0.39 is 53.9 Å². The van der Waals surface area contributed by atoms with Crippen LogP contribution in [0.2, 0.25) is 5.02 Å². The second kappa shape index (κ2) is 8.43. The number of amides is 3. The van der Waals surface area contributed by atoms with Gasteiger partial charge in [0.2, 0.25) is 17.6 Å². The number of nitrogens with zero attached hydrogens (tertiary/aromatic N) is 1. The molecule has 0 radical (unpaired) electrons. The van der Waals surface area contributed by atoms with Crippen molar-refractivity contribution in [2.45, 2.75) is 44.2 Å². The average molecular weight is 464 g/mol. The van der Waals surface area contributed by atoms with Crippen LogP contribution in [0.3, 0.4) is 0 Å². The first-order valence-corrected chi connectivity index (χ1v) is 10.2. The van der Waals surface area contributed by atoms with Gasteiger partial charge in [-0.25, -0.2) is 0 Å². The fraction of sp³-hybridized carbons (Fsp3) is 0.304. The van der Waals surface area contributed by atoms with E-state index in [0.717, 1.165) is 23.1 Å². The zero-order valence-corrected chi connectivity index (χ0v) is 17.3. The minimum absolute atomic E-state index is 0.0297. The van der Waals surface area contributed by atoms with Gasteiger partial charge in [0.15, 0.2) is 0 Å². The molecule has 2 unspecified atom stereocenters. The Balaban J connectivity index is 1.58. The van der Waals surface area contributed by atoms with Gasteiger partial charge in [-0.3, -0.25) is 24.5 Å². The molecule has 6 nitrogen and oxygen atoms in total. The zero-order chi connectivity index (χ0) is 25.7. The summed E-state index contributed by atoms with van der Waals surface area (Å²) in [5.74, 6) is -7.20. The Labute approximate surface area is 191 Å². The van der Waals surface area contributed by atoms with E-state index in [0.29, 0.717) is 0 Å². The minimum Gasteiger partial charge on any atom is -0.322 e. The average Bonchev–Trinajstić information content (AvgIpc) is 3.14. The van der Waals surface area contributed by atoms with E-state index in [9.17, 15) is 28.0 Å². The lowest BCUT2D eigenvalue weighted by atomic mass is 9.97. The van der Waals surface area contributed by atoms with Gasteiger partial charge in [-0.2, -0.15) is 8.78 Å². The van der Waals surface area contributed by atoms with Gasteiger partial charge >= 0.3 is 5.92 Å². The Hall–Kier alpha value is -3.13. The first kappa shape index (κ1) is 18.4. The number of ketones is 1. The number of imide groups is 1. The van der Waals surface area contributed by atoms with Crippen LogP contribution in [-0.2, 0) is 33.2 Å². The smallest absolute Gasteiger partial charge is 0.322 e. The Morgan fingerprint density at radius 1 is 1.25 bits per heavy atom. The van der Waals surface area contributed by atoms with E-state index >= 15 is 0 Å². The van der Waals surface area contributed by atoms with Crippen molar-refractivity contribution >= 4 is 35.1 Å². The predicted molar refractivity (Wildman–Crippen MR) is 111 cm³/mol. The van der Waals surface area contributed by atoms with Gasteiger partial charge < -0.3 is 4.90 Å². The lowest BCUT2D eigenvalue weighted by Crippen LogP contribution is -2.52. The first-order valence-electron chi connectivity index (χ1n) is 11.4. The van der Waals surface area contributed by atoms with Crippen molar-refractivity contribution in [1.29, 1.82) is 0 Å². The standard InChI is InChI=1S/C23H19ClF2N2O4/c24-16-5-3-15(4-6-16)23(25,26)19(29)9-2-13-1-7-17-14(11-13)12-28(22(17)32)18-8-10-20(30)27-21(18)31/h1,3-7,11,18H,2,8-10,12H2,(H,27,30,31)/i2D,7D,11D. The maximum Gasteiger partial charge on any atom is 0.330 e. The molecule has 2 aromatic rings. The fourth-order valence-corrected chi connectivity index (χ4v) is 3.82. The second-order valence-electron chi connectivity index (χ2n) is 7.54. The predicted octanol–water partition coefficient (Wildman–Crippen LogP) is 3.39. The van der Waals surface area contributed by atoms with Crippen molar-refractivity contribution < 1.29 is 32.1 Å². The topological polar surface area (TPSA) is 83.6 Å². The molecule has 1 N–H and O–H groups in total. The number of hydrogen-bond donors (Lipinski definition) is 1. The number of carbonyl (C=O) groups is 4. The molecule has 0 aliphatic carbocycles. The Morgan fingerprint density at radius 3 is 2.66 bits per heavy atom. The summed E-state index contributed by atoms with van der Waals surface area (Å²) in [7, 11) is 0. The van der Waals surface area contributed by atoms with Crippen LogP contribution >= 0.6 is 11.6 Å². The number of carbonyl (C=O) groups excluding carboxylic acids is 4. The van der Waals surface area contributed by atoms with E-state index in [1.54, 1.807) is 0 Å². The van der Waals surface area contributed by atoms with Gasteiger partial charge in [0, 0.05) is 36.9 Å². The van der Waals surface area contributed by atoms with Crippen LogP contribution in [0.15, 0.2) is 42.4 Å². The molecular weight excluding hydrogens is 442 g/mol. The second-order valence-corrected chi connectivity index (χ2v) is 7.97. The molecule has 32 heavy (non-hydrogen) atoms. The van der Waals surface area contributed by atoms with Crippen molar-refractivity contribution in [3.63, 3.8) is 0 Å². The number of Topliss-reactive ketones (excluding diaryl/α,β-unsaturated/α-hetero) is 1. The summed E-state index contributed by atoms with van der Waals surface area (Å²) in [5, 5.41) is 2.37. The van der Waals surface area contributed by atoms with Crippen molar-refractivity contribution in [3.05, 3.63) is 69.7 Å². The zero-order valence-electron chi connectivity index (χ0n) is 19.6. The molecule has 9 heteroatoms. The van der Waals surface area contributed by atoms with Gasteiger partial charge in [0.05, 0.1) is 2.74 Å². The van der Waals surface area contributed by atoms with Gasteiger partial charge in [-0.15, -0.1) is 0 Å². The van der Waals surface area contributed by atoms with E-state index in [2.05, 4.69) is 5.32 Å². The SMILES string of the molecule is [2H]c1cc(C([2H])CC(=O)C(F)(F)c2ccc(Cl)cc2)c([2H])c2c1C(=O)N(C1CCC(=O)NC1=O)C2. The lowest BCUT2D eigenvalue weighted by Gasteiger charge is -2.29. The van der Waals surface area contributed by atoms with Crippen molar-refractivity contribution in [3.8, 4) is 0 Å². The number of fused-ring (bicyclic) bond motifs is 1.